The maximum Gasteiger partial charge on any atom is 0.414 e. The van der Waals surface area contributed by atoms with E-state index >= 15 is 0 Å². The Balaban J connectivity index is 1.97. The largest absolute Gasteiger partial charge is 0.414 e. The van der Waals surface area contributed by atoms with E-state index in [1.807, 2.05) is 6.07 Å². The van der Waals surface area contributed by atoms with Crippen LogP contribution in [0.5, 0.6) is 0 Å². The van der Waals surface area contributed by atoms with Crippen LogP contribution in [0.15, 0.2) is 35.7 Å². The van der Waals surface area contributed by atoms with Gasteiger partial charge in [-0.2, -0.15) is 17.5 Å². The molecule has 1 heterocycles. The first-order valence-corrected chi connectivity index (χ1v) is 8.68. The second-order valence-corrected chi connectivity index (χ2v) is 7.30. The Hall–Kier alpha value is -1.38. The second-order valence-electron chi connectivity index (χ2n) is 5.48. The van der Waals surface area contributed by atoms with E-state index in [2.05, 4.69) is 0 Å². The van der Waals surface area contributed by atoms with Crippen LogP contribution >= 0.6 is 0 Å². The molecular weight excluding hydrogens is 331 g/mol. The van der Waals surface area contributed by atoms with E-state index in [4.69, 9.17) is 0 Å². The van der Waals surface area contributed by atoms with Crippen molar-refractivity contribution in [2.45, 2.75) is 25.1 Å². The minimum atomic E-state index is -4.67. The number of hydrogen-bond donors (Lipinski definition) is 1. The number of rotatable bonds is 4. The van der Waals surface area contributed by atoms with Crippen molar-refractivity contribution in [1.29, 1.82) is 0 Å². The third-order valence-electron chi connectivity index (χ3n) is 3.87. The van der Waals surface area contributed by atoms with Crippen molar-refractivity contribution < 1.29 is 26.7 Å². The molecule has 8 heteroatoms. The van der Waals surface area contributed by atoms with Crippen LogP contribution in [0.4, 0.5) is 13.2 Å². The van der Waals surface area contributed by atoms with E-state index in [-0.39, 0.29) is 25.9 Å². The van der Waals surface area contributed by atoms with Gasteiger partial charge >= 0.3 is 6.18 Å². The standard InChI is InChI=1S/C15H18F3NO3S/c16-15(17,18)14(20)13-6-9-19(10-7-13)23(21,22)11-8-12-4-2-1-3-5-12/h1-5,8,11,13-14,20H,6-7,9-10H2/b11-8+. The molecule has 0 radical (unpaired) electrons. The van der Waals surface area contributed by atoms with E-state index in [9.17, 15) is 26.7 Å². The minimum Gasteiger partial charge on any atom is -0.383 e. The highest BCUT2D eigenvalue weighted by Gasteiger charge is 2.44. The monoisotopic (exact) mass is 349 g/mol. The molecule has 1 aliphatic heterocycles. The summed E-state index contributed by atoms with van der Waals surface area (Å²) in [5.41, 5.74) is 0.721. The van der Waals surface area contributed by atoms with Gasteiger partial charge in [-0.05, 0) is 30.4 Å². The van der Waals surface area contributed by atoms with Crippen LogP contribution < -0.4 is 0 Å². The van der Waals surface area contributed by atoms with Crippen molar-refractivity contribution in [2.24, 2.45) is 5.92 Å². The van der Waals surface area contributed by atoms with Gasteiger partial charge in [-0.15, -0.1) is 0 Å². The summed E-state index contributed by atoms with van der Waals surface area (Å²) in [6, 6.07) is 8.85. The maximum atomic E-state index is 12.5. The van der Waals surface area contributed by atoms with Crippen molar-refractivity contribution in [1.82, 2.24) is 4.31 Å². The van der Waals surface area contributed by atoms with Crippen LogP contribution in [-0.2, 0) is 10.0 Å². The first-order chi connectivity index (χ1) is 10.7. The molecule has 1 aromatic rings. The second kappa shape index (κ2) is 7.02. The van der Waals surface area contributed by atoms with Gasteiger partial charge in [0.25, 0.3) is 0 Å². The Kier molecular flexibility index (Phi) is 5.49. The molecule has 23 heavy (non-hydrogen) atoms. The Morgan fingerprint density at radius 3 is 2.26 bits per heavy atom. The van der Waals surface area contributed by atoms with Crippen LogP contribution in [-0.4, -0.2) is 43.2 Å². The molecule has 1 atom stereocenters. The predicted octanol–water partition coefficient (Wildman–Crippen LogP) is 2.62. The minimum absolute atomic E-state index is 0.0148. The number of alkyl halides is 3. The molecule has 1 unspecified atom stereocenters. The highest BCUT2D eigenvalue weighted by molar-refractivity contribution is 7.92. The average Bonchev–Trinajstić information content (AvgIpc) is 2.52. The van der Waals surface area contributed by atoms with Gasteiger partial charge < -0.3 is 5.11 Å². The van der Waals surface area contributed by atoms with Gasteiger partial charge in [0.2, 0.25) is 10.0 Å². The lowest BCUT2D eigenvalue weighted by Gasteiger charge is -2.33. The summed E-state index contributed by atoms with van der Waals surface area (Å²) in [4.78, 5) is 0. The van der Waals surface area contributed by atoms with Gasteiger partial charge in [0.1, 0.15) is 0 Å². The Morgan fingerprint density at radius 2 is 1.74 bits per heavy atom. The molecule has 0 spiro atoms. The van der Waals surface area contributed by atoms with E-state index in [1.54, 1.807) is 24.3 Å². The summed E-state index contributed by atoms with van der Waals surface area (Å²) in [5, 5.41) is 10.3. The number of aliphatic hydroxyl groups excluding tert-OH is 1. The molecule has 2 rings (SSSR count). The van der Waals surface area contributed by atoms with Gasteiger partial charge in [0, 0.05) is 18.5 Å². The molecule has 0 bridgehead atoms. The van der Waals surface area contributed by atoms with E-state index in [1.165, 1.54) is 6.08 Å². The van der Waals surface area contributed by atoms with Crippen LogP contribution in [0.25, 0.3) is 6.08 Å². The zero-order chi connectivity index (χ0) is 17.1. The molecule has 128 valence electrons. The molecule has 1 aliphatic rings. The van der Waals surface area contributed by atoms with Crippen LogP contribution in [0.1, 0.15) is 18.4 Å². The third-order valence-corrected chi connectivity index (χ3v) is 5.44. The molecule has 0 aliphatic carbocycles. The van der Waals surface area contributed by atoms with Gasteiger partial charge in [-0.3, -0.25) is 0 Å². The first kappa shape index (κ1) is 18.0. The Morgan fingerprint density at radius 1 is 1.17 bits per heavy atom. The topological polar surface area (TPSA) is 57.6 Å². The van der Waals surface area contributed by atoms with Gasteiger partial charge in [0.05, 0.1) is 0 Å². The summed E-state index contributed by atoms with van der Waals surface area (Å²) >= 11 is 0. The van der Waals surface area contributed by atoms with Gasteiger partial charge in [-0.1, -0.05) is 30.3 Å². The molecule has 1 N–H and O–H groups in total. The quantitative estimate of drug-likeness (QED) is 0.909. The molecule has 0 saturated carbocycles. The highest BCUT2D eigenvalue weighted by atomic mass is 32.2. The number of aliphatic hydroxyl groups is 1. The lowest BCUT2D eigenvalue weighted by Crippen LogP contribution is -2.44. The molecule has 1 aromatic carbocycles. The van der Waals surface area contributed by atoms with Crippen molar-refractivity contribution >= 4 is 16.1 Å². The fourth-order valence-electron chi connectivity index (χ4n) is 2.53. The summed E-state index contributed by atoms with van der Waals surface area (Å²) in [6.45, 7) is -0.0570. The van der Waals surface area contributed by atoms with Crippen molar-refractivity contribution in [2.75, 3.05) is 13.1 Å². The summed E-state index contributed by atoms with van der Waals surface area (Å²) in [5.74, 6) is -0.959. The Bertz CT molecular complexity index is 636. The number of nitrogens with zero attached hydrogens (tertiary/aromatic N) is 1. The number of sulfonamides is 1. The Labute approximate surface area is 133 Å². The maximum absolute atomic E-state index is 12.5. The molecule has 4 nitrogen and oxygen atoms in total. The van der Waals surface area contributed by atoms with E-state index in [0.29, 0.717) is 0 Å². The summed E-state index contributed by atoms with van der Waals surface area (Å²) < 4.78 is 63.0. The molecule has 0 amide bonds. The third kappa shape index (κ3) is 4.79. The van der Waals surface area contributed by atoms with Crippen LogP contribution in [0, 0.1) is 5.92 Å². The lowest BCUT2D eigenvalue weighted by atomic mass is 9.92. The van der Waals surface area contributed by atoms with Crippen molar-refractivity contribution in [3.05, 3.63) is 41.3 Å². The van der Waals surface area contributed by atoms with Crippen molar-refractivity contribution in [3.8, 4) is 0 Å². The number of hydrogen-bond acceptors (Lipinski definition) is 3. The SMILES string of the molecule is O=S(=O)(/C=C/c1ccccc1)N1CCC(C(O)C(F)(F)F)CC1. The zero-order valence-electron chi connectivity index (χ0n) is 12.3. The van der Waals surface area contributed by atoms with E-state index < -0.39 is 28.2 Å². The molecule has 1 fully saturated rings. The van der Waals surface area contributed by atoms with Crippen LogP contribution in [0.2, 0.25) is 0 Å². The van der Waals surface area contributed by atoms with Gasteiger partial charge in [-0.25, -0.2) is 8.42 Å². The highest BCUT2D eigenvalue weighted by Crippen LogP contribution is 2.32. The fourth-order valence-corrected chi connectivity index (χ4v) is 3.75. The number of halogens is 3. The molecule has 0 aromatic heterocycles. The normalized spacial score (nSPS) is 20.0. The molecular formula is C15H18F3NO3S. The average molecular weight is 349 g/mol. The smallest absolute Gasteiger partial charge is 0.383 e. The lowest BCUT2D eigenvalue weighted by molar-refractivity contribution is -0.222. The molecule has 1 saturated heterocycles. The number of piperidine rings is 1. The first-order valence-electron chi connectivity index (χ1n) is 7.18. The summed E-state index contributed by atoms with van der Waals surface area (Å²) in [6.07, 6.45) is -5.64. The van der Waals surface area contributed by atoms with E-state index in [0.717, 1.165) is 15.3 Å². The van der Waals surface area contributed by atoms with Crippen LogP contribution in [0.3, 0.4) is 0 Å². The van der Waals surface area contributed by atoms with Crippen molar-refractivity contribution in [3.63, 3.8) is 0 Å². The fraction of sp³-hybridized carbons (Fsp3) is 0.467. The summed E-state index contributed by atoms with van der Waals surface area (Å²) in [7, 11) is -3.68. The van der Waals surface area contributed by atoms with Gasteiger partial charge in [0.15, 0.2) is 6.10 Å². The zero-order valence-corrected chi connectivity index (χ0v) is 13.1. The predicted molar refractivity (Wildman–Crippen MR) is 80.8 cm³/mol. The number of benzene rings is 1.